The van der Waals surface area contributed by atoms with Gasteiger partial charge in [-0.3, -0.25) is 9.15 Å². The average Bonchev–Trinajstić information content (AvgIpc) is 1.58. The van der Waals surface area contributed by atoms with E-state index < -0.39 is 193 Å². The maximum Gasteiger partial charge on any atom is 0.416 e. The van der Waals surface area contributed by atoms with Crippen LogP contribution in [0.1, 0.15) is 113 Å². The number of hydrogen-bond donors (Lipinski definition) is 0. The molecule has 4 unspecified atom stereocenters. The predicted octanol–water partition coefficient (Wildman–Crippen LogP) is 19.9. The lowest BCUT2D eigenvalue weighted by molar-refractivity contribution is -0.671. The molecule has 0 aliphatic carbocycles. The van der Waals surface area contributed by atoms with E-state index in [0.717, 1.165) is 0 Å². The van der Waals surface area contributed by atoms with Gasteiger partial charge in [0.25, 0.3) is 0 Å². The number of guanidine groups is 2. The molecule has 3 heterocycles. The highest BCUT2D eigenvalue weighted by Gasteiger charge is 2.57. The van der Waals surface area contributed by atoms with Crippen LogP contribution in [0.5, 0.6) is 0 Å². The summed E-state index contributed by atoms with van der Waals surface area (Å²) in [5.74, 6) is -0.470. The van der Waals surface area contributed by atoms with Gasteiger partial charge < -0.3 is 0 Å². The molecule has 0 amide bonds. The van der Waals surface area contributed by atoms with Crippen molar-refractivity contribution in [3.63, 3.8) is 0 Å². The van der Waals surface area contributed by atoms with Crippen molar-refractivity contribution in [2.45, 2.75) is 99.8 Å². The lowest BCUT2D eigenvalue weighted by Crippen LogP contribution is -2.51. The van der Waals surface area contributed by atoms with E-state index in [2.05, 4.69) is 0 Å². The van der Waals surface area contributed by atoms with Crippen LogP contribution in [0.15, 0.2) is 194 Å². The average molecular weight is 1430 g/mol. The molecule has 0 bridgehead atoms. The third-order valence-corrected chi connectivity index (χ3v) is 17.4. The lowest BCUT2D eigenvalue weighted by Gasteiger charge is -2.30. The van der Waals surface area contributed by atoms with E-state index in [1.807, 2.05) is 0 Å². The van der Waals surface area contributed by atoms with Crippen LogP contribution in [0, 0.1) is 0 Å². The quantitative estimate of drug-likeness (QED) is 0.0896. The molecule has 4 atom stereocenters. The Morgan fingerprint density at radius 3 is 0.520 bits per heavy atom. The van der Waals surface area contributed by atoms with Crippen molar-refractivity contribution in [2.24, 2.45) is 0 Å². The van der Waals surface area contributed by atoms with Crippen molar-refractivity contribution in [3.8, 4) is 0 Å². The minimum Gasteiger partial charge on any atom is -0.258 e. The molecule has 0 N–H and O–H groups in total. The van der Waals surface area contributed by atoms with Crippen LogP contribution in [0.25, 0.3) is 0 Å². The number of piperazine rings is 1. The molecular formula is C70H52F24N6+2. The van der Waals surface area contributed by atoms with Gasteiger partial charge in [-0.2, -0.15) is 105 Å². The maximum atomic E-state index is 14.8. The molecule has 30 heteroatoms. The Labute approximate surface area is 553 Å². The SMILES string of the molecule is FC(F)(F)c1cc(CN2C(=[N+]3CC[N+](=C4N(Cc5cc(C(F)(F)F)cc(C(F)(F)F)c5)C(c5ccccc5)C(c5ccccc5)N4Cc4cc(C(F)(F)F)cc(C(F)(F)F)c4)CC3)N(Cc3cc(C(F)(F)F)cc(C(F)(F)F)c3)C(c3ccccc3)C2c2ccccc2)cc(C(F)(F)F)c1. The number of benzene rings is 8. The highest BCUT2D eigenvalue weighted by Crippen LogP contribution is 2.51. The minimum absolute atomic E-state index is 0.139. The number of rotatable bonds is 12. The molecule has 6 nitrogen and oxygen atoms in total. The molecule has 3 saturated heterocycles. The van der Waals surface area contributed by atoms with Crippen LogP contribution in [0.3, 0.4) is 0 Å². The molecule has 0 spiro atoms. The van der Waals surface area contributed by atoms with Crippen molar-refractivity contribution in [1.29, 1.82) is 0 Å². The Morgan fingerprint density at radius 2 is 0.380 bits per heavy atom. The smallest absolute Gasteiger partial charge is 0.258 e. The highest BCUT2D eigenvalue weighted by molar-refractivity contribution is 5.81. The second-order valence-corrected chi connectivity index (χ2v) is 24.2. The van der Waals surface area contributed by atoms with Crippen molar-refractivity contribution in [3.05, 3.63) is 283 Å². The summed E-state index contributed by atoms with van der Waals surface area (Å²) >= 11 is 0. The Hall–Kier alpha value is -9.38. The second-order valence-electron chi connectivity index (χ2n) is 24.2. The molecule has 8 aromatic carbocycles. The molecule has 3 aliphatic heterocycles. The van der Waals surface area contributed by atoms with E-state index in [0.29, 0.717) is 48.5 Å². The Morgan fingerprint density at radius 1 is 0.230 bits per heavy atom. The van der Waals surface area contributed by atoms with Gasteiger partial charge in [0.05, 0.1) is 96.9 Å². The largest absolute Gasteiger partial charge is 0.416 e. The second kappa shape index (κ2) is 26.6. The Kier molecular flexibility index (Phi) is 19.1. The van der Waals surface area contributed by atoms with Gasteiger partial charge in [0.1, 0.15) is 24.2 Å². The molecule has 3 fully saturated rings. The van der Waals surface area contributed by atoms with Gasteiger partial charge >= 0.3 is 61.3 Å². The number of halogens is 24. The molecule has 528 valence electrons. The molecule has 0 saturated carbocycles. The number of nitrogens with zero attached hydrogens (tertiary/aromatic N) is 6. The van der Waals surface area contributed by atoms with Gasteiger partial charge in [-0.25, -0.2) is 19.6 Å². The highest BCUT2D eigenvalue weighted by atomic mass is 19.4. The Bertz CT molecular complexity index is 3630. The van der Waals surface area contributed by atoms with E-state index in [1.54, 1.807) is 0 Å². The van der Waals surface area contributed by atoms with Gasteiger partial charge in [-0.15, -0.1) is 0 Å². The topological polar surface area (TPSA) is 19.0 Å². The van der Waals surface area contributed by atoms with Gasteiger partial charge in [-0.05, 0) is 117 Å². The van der Waals surface area contributed by atoms with Crippen molar-refractivity contribution < 1.29 is 115 Å². The first-order chi connectivity index (χ1) is 46.6. The van der Waals surface area contributed by atoms with E-state index in [1.165, 1.54) is 150 Å². The first-order valence-corrected chi connectivity index (χ1v) is 30.2. The normalized spacial score (nSPS) is 18.6. The zero-order valence-electron chi connectivity index (χ0n) is 51.2. The standard InChI is InChI=1S/C70H52F24N6/c71-63(72,73)49-25-41(26-50(33-49)64(74,75)76)37-97-57(45-13-5-1-6-14-45)58(46-15-7-2-8-16-46)98(38-42-27-51(65(77,78)79)34-52(28-42)66(80,81)82)61(97)95-21-23-96(24-22-95)62-99(39-43-29-53(67(83,84)85)35-54(30-43)68(86,87)88)59(47-17-9-3-10-18-47)60(48-19-11-4-12-20-48)100(62)40-44-31-55(69(89,90)91)36-56(32-44)70(92,93)94/h1-20,25-36,57-60H,21-24,37-40H2/q+2. The van der Waals surface area contributed by atoms with Gasteiger partial charge in [0.2, 0.25) is 0 Å². The fraction of sp³-hybridized carbons (Fsp3) is 0.286. The van der Waals surface area contributed by atoms with E-state index >= 15 is 0 Å². The maximum absolute atomic E-state index is 14.8. The van der Waals surface area contributed by atoms with Gasteiger partial charge in [-0.1, -0.05) is 121 Å². The van der Waals surface area contributed by atoms with Crippen LogP contribution in [0.4, 0.5) is 105 Å². The summed E-state index contributed by atoms with van der Waals surface area (Å²) in [6.07, 6.45) is -43.4. The summed E-state index contributed by atoms with van der Waals surface area (Å²) in [4.78, 5) is 5.30. The molecule has 0 aromatic heterocycles. The van der Waals surface area contributed by atoms with Crippen LogP contribution in [-0.2, 0) is 75.6 Å². The number of hydrogen-bond acceptors (Lipinski definition) is 0. The minimum atomic E-state index is -5.43. The summed E-state index contributed by atoms with van der Waals surface area (Å²) in [7, 11) is 0. The van der Waals surface area contributed by atoms with Crippen LogP contribution in [0.2, 0.25) is 0 Å². The van der Waals surface area contributed by atoms with Crippen molar-refractivity contribution in [2.75, 3.05) is 26.2 Å². The van der Waals surface area contributed by atoms with Crippen LogP contribution < -0.4 is 0 Å². The molecule has 11 rings (SSSR count). The summed E-state index contributed by atoms with van der Waals surface area (Å²) in [5, 5.41) is 0. The van der Waals surface area contributed by atoms with Gasteiger partial charge in [0, 0.05) is 0 Å². The van der Waals surface area contributed by atoms with Crippen molar-refractivity contribution in [1.82, 2.24) is 19.6 Å². The molecule has 0 radical (unpaired) electrons. The molecule has 100 heavy (non-hydrogen) atoms. The third-order valence-electron chi connectivity index (χ3n) is 17.4. The first kappa shape index (κ1) is 71.9. The monoisotopic (exact) mass is 1430 g/mol. The van der Waals surface area contributed by atoms with Crippen LogP contribution in [-0.4, -0.2) is 66.8 Å². The summed E-state index contributed by atoms with van der Waals surface area (Å²) < 4.78 is 358. The molecular weight excluding hydrogens is 1380 g/mol. The molecule has 8 aromatic rings. The van der Waals surface area contributed by atoms with E-state index in [-0.39, 0.29) is 58.4 Å². The van der Waals surface area contributed by atoms with Crippen molar-refractivity contribution >= 4 is 11.9 Å². The zero-order valence-corrected chi connectivity index (χ0v) is 51.2. The fourth-order valence-corrected chi connectivity index (χ4v) is 13.3. The lowest BCUT2D eigenvalue weighted by atomic mass is 9.92. The van der Waals surface area contributed by atoms with E-state index in [9.17, 15) is 105 Å². The summed E-state index contributed by atoms with van der Waals surface area (Å²) in [5.41, 5.74) is -15.8. The first-order valence-electron chi connectivity index (χ1n) is 30.2. The summed E-state index contributed by atoms with van der Waals surface area (Å²) in [6.45, 7) is -5.66. The third kappa shape index (κ3) is 15.6. The van der Waals surface area contributed by atoms with Gasteiger partial charge in [0.15, 0.2) is 0 Å². The number of alkyl halides is 24. The summed E-state index contributed by atoms with van der Waals surface area (Å²) in [6, 6.07) is 27.6. The predicted molar refractivity (Wildman–Crippen MR) is 315 cm³/mol. The zero-order chi connectivity index (χ0) is 72.5. The van der Waals surface area contributed by atoms with E-state index in [4.69, 9.17) is 0 Å². The fourth-order valence-electron chi connectivity index (χ4n) is 13.3. The van der Waals surface area contributed by atoms with Crippen LogP contribution >= 0.6 is 0 Å². The molecule has 3 aliphatic rings. The Balaban J connectivity index is 1.20.